The molecule has 0 amide bonds. The Labute approximate surface area is 94.6 Å². The third kappa shape index (κ3) is 2.66. The number of aromatic nitrogens is 1. The molecule has 0 N–H and O–H groups in total. The van der Waals surface area contributed by atoms with Gasteiger partial charge in [-0.05, 0) is 0 Å². The van der Waals surface area contributed by atoms with Crippen molar-refractivity contribution in [1.29, 1.82) is 0 Å². The molecule has 1 rings (SSSR count). The minimum Gasteiger partial charge on any atom is -0.247 e. The van der Waals surface area contributed by atoms with Crippen LogP contribution in [0, 0.1) is 5.82 Å². The molecule has 0 aliphatic rings. The largest absolute Gasteiger partial charge is 0.433 e. The van der Waals surface area contributed by atoms with Crippen molar-refractivity contribution in [1.82, 2.24) is 4.98 Å². The molecule has 1 nitrogen and oxygen atoms in total. The summed E-state index contributed by atoms with van der Waals surface area (Å²) in [6.07, 6.45) is -8.07. The fraction of sp³-hybridized carbons (Fsp3) is 0.375. The van der Waals surface area contributed by atoms with Gasteiger partial charge in [-0.15, -0.1) is 0 Å². The van der Waals surface area contributed by atoms with Crippen molar-refractivity contribution in [2.24, 2.45) is 0 Å². The van der Waals surface area contributed by atoms with Crippen LogP contribution in [0.3, 0.4) is 0 Å². The molecular weight excluding hydrogens is 304 g/mol. The van der Waals surface area contributed by atoms with Gasteiger partial charge in [0.05, 0.1) is 11.3 Å². The SMILES string of the molecule is Fc1cc(C(F)(F)F)nc(CBr)c1C(F)F. The van der Waals surface area contributed by atoms with Crippen LogP contribution in [-0.2, 0) is 11.5 Å². The first kappa shape index (κ1) is 13.3. The van der Waals surface area contributed by atoms with Gasteiger partial charge >= 0.3 is 6.18 Å². The Hall–Kier alpha value is -0.790. The third-order valence-corrected chi connectivity index (χ3v) is 2.25. The molecule has 1 heterocycles. The Kier molecular flexibility index (Phi) is 3.82. The van der Waals surface area contributed by atoms with E-state index in [-0.39, 0.29) is 11.4 Å². The fourth-order valence-corrected chi connectivity index (χ4v) is 1.48. The normalized spacial score (nSPS) is 12.2. The second kappa shape index (κ2) is 4.60. The molecule has 0 aliphatic carbocycles. The summed E-state index contributed by atoms with van der Waals surface area (Å²) in [5.41, 5.74) is -3.28. The van der Waals surface area contributed by atoms with Crippen molar-refractivity contribution in [2.75, 3.05) is 0 Å². The first-order valence-electron chi connectivity index (χ1n) is 3.88. The van der Waals surface area contributed by atoms with Crippen molar-refractivity contribution in [3.05, 3.63) is 28.8 Å². The van der Waals surface area contributed by atoms with Crippen molar-refractivity contribution < 1.29 is 26.3 Å². The minimum atomic E-state index is -4.86. The van der Waals surface area contributed by atoms with Gasteiger partial charge in [-0.2, -0.15) is 13.2 Å². The summed E-state index contributed by atoms with van der Waals surface area (Å²) in [4.78, 5) is 2.95. The minimum absolute atomic E-state index is 0.0341. The van der Waals surface area contributed by atoms with Crippen LogP contribution in [0.15, 0.2) is 6.07 Å². The van der Waals surface area contributed by atoms with Gasteiger partial charge in [-0.1, -0.05) is 15.9 Å². The second-order valence-electron chi connectivity index (χ2n) is 2.78. The van der Waals surface area contributed by atoms with E-state index in [2.05, 4.69) is 20.9 Å². The highest BCUT2D eigenvalue weighted by molar-refractivity contribution is 9.08. The number of nitrogens with zero attached hydrogens (tertiary/aromatic N) is 1. The van der Waals surface area contributed by atoms with Gasteiger partial charge in [0, 0.05) is 11.4 Å². The van der Waals surface area contributed by atoms with Gasteiger partial charge in [0.25, 0.3) is 6.43 Å². The molecule has 0 bridgehead atoms. The molecule has 0 aromatic carbocycles. The lowest BCUT2D eigenvalue weighted by Crippen LogP contribution is -2.12. The maximum Gasteiger partial charge on any atom is 0.433 e. The molecule has 0 spiro atoms. The molecule has 16 heavy (non-hydrogen) atoms. The predicted octanol–water partition coefficient (Wildman–Crippen LogP) is 4.07. The first-order valence-corrected chi connectivity index (χ1v) is 5.00. The average molecular weight is 308 g/mol. The predicted molar refractivity (Wildman–Crippen MR) is 46.8 cm³/mol. The Balaban J connectivity index is 3.38. The maximum atomic E-state index is 13.0. The van der Waals surface area contributed by atoms with E-state index in [1.54, 1.807) is 0 Å². The van der Waals surface area contributed by atoms with E-state index in [1.807, 2.05) is 0 Å². The van der Waals surface area contributed by atoms with Crippen LogP contribution in [0.25, 0.3) is 0 Å². The molecule has 0 unspecified atom stereocenters. The highest BCUT2D eigenvalue weighted by Crippen LogP contribution is 2.33. The van der Waals surface area contributed by atoms with Crippen molar-refractivity contribution >= 4 is 15.9 Å². The van der Waals surface area contributed by atoms with E-state index in [1.165, 1.54) is 0 Å². The van der Waals surface area contributed by atoms with E-state index in [0.29, 0.717) is 0 Å². The summed E-state index contributed by atoms with van der Waals surface area (Å²) >= 11 is 2.68. The van der Waals surface area contributed by atoms with Gasteiger partial charge in [0.2, 0.25) is 0 Å². The van der Waals surface area contributed by atoms with Crippen LogP contribution >= 0.6 is 15.9 Å². The summed E-state index contributed by atoms with van der Waals surface area (Å²) in [6.45, 7) is 0. The van der Waals surface area contributed by atoms with Gasteiger partial charge < -0.3 is 0 Å². The van der Waals surface area contributed by atoms with Crippen LogP contribution in [0.4, 0.5) is 26.3 Å². The molecule has 1 aromatic rings. The summed E-state index contributed by atoms with van der Waals surface area (Å²) in [7, 11) is 0. The van der Waals surface area contributed by atoms with Gasteiger partial charge in [-0.3, -0.25) is 0 Å². The van der Waals surface area contributed by atoms with Gasteiger partial charge in [0.15, 0.2) is 0 Å². The monoisotopic (exact) mass is 307 g/mol. The maximum absolute atomic E-state index is 13.0. The van der Waals surface area contributed by atoms with E-state index >= 15 is 0 Å². The van der Waals surface area contributed by atoms with Gasteiger partial charge in [-0.25, -0.2) is 18.2 Å². The van der Waals surface area contributed by atoms with E-state index in [4.69, 9.17) is 0 Å². The Bertz CT molecular complexity index is 389. The number of hydrogen-bond donors (Lipinski definition) is 0. The molecule has 0 saturated carbocycles. The molecule has 0 radical (unpaired) electrons. The zero-order chi connectivity index (χ0) is 12.5. The molecule has 0 aliphatic heterocycles. The molecule has 8 heteroatoms. The Morgan fingerprint density at radius 1 is 1.31 bits per heavy atom. The zero-order valence-electron chi connectivity index (χ0n) is 7.45. The van der Waals surface area contributed by atoms with Crippen LogP contribution in [-0.4, -0.2) is 4.98 Å². The molecule has 0 atom stereocenters. The number of hydrogen-bond acceptors (Lipinski definition) is 1. The summed E-state index contributed by atoms with van der Waals surface area (Å²) in [5.74, 6) is -1.60. The van der Waals surface area contributed by atoms with Crippen molar-refractivity contribution in [2.45, 2.75) is 17.9 Å². The second-order valence-corrected chi connectivity index (χ2v) is 3.34. The third-order valence-electron chi connectivity index (χ3n) is 1.72. The number of halogens is 7. The van der Waals surface area contributed by atoms with Crippen LogP contribution < -0.4 is 0 Å². The molecule has 1 aromatic heterocycles. The molecule has 90 valence electrons. The fourth-order valence-electron chi connectivity index (χ4n) is 1.05. The Morgan fingerprint density at radius 2 is 1.88 bits per heavy atom. The van der Waals surface area contributed by atoms with E-state index in [0.717, 1.165) is 0 Å². The summed E-state index contributed by atoms with van der Waals surface area (Å²) in [5, 5.41) is -0.381. The highest BCUT2D eigenvalue weighted by atomic mass is 79.9. The van der Waals surface area contributed by atoms with Crippen LogP contribution in [0.2, 0.25) is 0 Å². The van der Waals surface area contributed by atoms with Crippen molar-refractivity contribution in [3.8, 4) is 0 Å². The lowest BCUT2D eigenvalue weighted by molar-refractivity contribution is -0.141. The lowest BCUT2D eigenvalue weighted by Gasteiger charge is -2.11. The first-order chi connectivity index (χ1) is 7.27. The van der Waals surface area contributed by atoms with Crippen LogP contribution in [0.5, 0.6) is 0 Å². The lowest BCUT2D eigenvalue weighted by atomic mass is 10.1. The zero-order valence-corrected chi connectivity index (χ0v) is 9.04. The Morgan fingerprint density at radius 3 is 2.25 bits per heavy atom. The standard InChI is InChI=1S/C8H4BrF6N/c9-2-4-6(7(11)12)3(10)1-5(16-4)8(13,14)15/h1,7H,2H2. The summed E-state index contributed by atoms with van der Waals surface area (Å²) < 4.78 is 74.2. The number of alkyl halides is 6. The summed E-state index contributed by atoms with van der Waals surface area (Å²) in [6, 6.07) is -0.0341. The van der Waals surface area contributed by atoms with Crippen LogP contribution in [0.1, 0.15) is 23.4 Å². The highest BCUT2D eigenvalue weighted by Gasteiger charge is 2.35. The molecule has 0 fully saturated rings. The topological polar surface area (TPSA) is 12.9 Å². The average Bonchev–Trinajstić information content (AvgIpc) is 2.14. The quantitative estimate of drug-likeness (QED) is 0.593. The smallest absolute Gasteiger partial charge is 0.247 e. The molecule has 0 saturated heterocycles. The van der Waals surface area contributed by atoms with E-state index in [9.17, 15) is 26.3 Å². The van der Waals surface area contributed by atoms with E-state index < -0.39 is 35.4 Å². The van der Waals surface area contributed by atoms with Gasteiger partial charge in [0.1, 0.15) is 11.5 Å². The van der Waals surface area contributed by atoms with Crippen molar-refractivity contribution in [3.63, 3.8) is 0 Å². The molecular formula is C8H4BrF6N. The number of rotatable bonds is 2. The number of pyridine rings is 1.